The fourth-order valence-corrected chi connectivity index (χ4v) is 3.75. The number of nitrogens with one attached hydrogen (secondary N) is 1. The maximum atomic E-state index is 13.0. The summed E-state index contributed by atoms with van der Waals surface area (Å²) < 4.78 is 0. The second-order valence-electron chi connectivity index (χ2n) is 6.98. The van der Waals surface area contributed by atoms with Crippen LogP contribution in [-0.2, 0) is 9.59 Å². The molecule has 3 rings (SSSR count). The summed E-state index contributed by atoms with van der Waals surface area (Å²) in [6, 6.07) is 0. The number of rotatable bonds is 3. The molecule has 0 aromatic heterocycles. The van der Waals surface area contributed by atoms with Crippen molar-refractivity contribution in [3.63, 3.8) is 0 Å². The maximum absolute atomic E-state index is 13.0. The molecular formula is C19H28N4O2. The van der Waals surface area contributed by atoms with Gasteiger partial charge >= 0.3 is 0 Å². The zero-order valence-corrected chi connectivity index (χ0v) is 15.0. The number of carbonyl (C=O) groups excluding carboxylic acids is 2. The maximum Gasteiger partial charge on any atom is 0.253 e. The van der Waals surface area contributed by atoms with E-state index in [1.807, 2.05) is 17.9 Å². The van der Waals surface area contributed by atoms with Crippen molar-refractivity contribution in [3.05, 3.63) is 35.1 Å². The Bertz CT molecular complexity index is 621. The first kappa shape index (κ1) is 17.7. The van der Waals surface area contributed by atoms with E-state index in [-0.39, 0.29) is 17.7 Å². The molecule has 0 aromatic rings. The van der Waals surface area contributed by atoms with Crippen LogP contribution >= 0.6 is 0 Å². The van der Waals surface area contributed by atoms with Gasteiger partial charge in [0.25, 0.3) is 5.91 Å². The van der Waals surface area contributed by atoms with Gasteiger partial charge in [0.05, 0.1) is 0 Å². The largest absolute Gasteiger partial charge is 0.372 e. The zero-order chi connectivity index (χ0) is 17.8. The highest BCUT2D eigenvalue weighted by molar-refractivity contribution is 5.97. The molecule has 0 bridgehead atoms. The minimum Gasteiger partial charge on any atom is -0.372 e. The summed E-state index contributed by atoms with van der Waals surface area (Å²) in [4.78, 5) is 28.5. The van der Waals surface area contributed by atoms with Gasteiger partial charge in [-0.25, -0.2) is 0 Å². The quantitative estimate of drug-likeness (QED) is 0.793. The summed E-state index contributed by atoms with van der Waals surface area (Å²) >= 11 is 0. The van der Waals surface area contributed by atoms with Crippen molar-refractivity contribution in [1.29, 1.82) is 0 Å². The number of hydrogen-bond acceptors (Lipinski definition) is 4. The minimum atomic E-state index is -0.249. The third-order valence-corrected chi connectivity index (χ3v) is 5.37. The van der Waals surface area contributed by atoms with Gasteiger partial charge in [-0.05, 0) is 37.5 Å². The van der Waals surface area contributed by atoms with Crippen LogP contribution in [0.1, 0.15) is 26.2 Å². The number of piperidine rings is 1. The van der Waals surface area contributed by atoms with Crippen molar-refractivity contribution in [3.8, 4) is 0 Å². The van der Waals surface area contributed by atoms with Crippen molar-refractivity contribution in [1.82, 2.24) is 15.1 Å². The SMILES string of the molecule is C/C=C1\C=C(C(=O)N2CCC(C(N)=O)CC2)C=C(N2CCNCC2)C1. The van der Waals surface area contributed by atoms with Crippen molar-refractivity contribution in [2.75, 3.05) is 39.3 Å². The third kappa shape index (κ3) is 4.12. The standard InChI is InChI=1S/C19H28N4O2/c1-2-14-11-16(13-17(12-14)22-9-5-21-6-10-22)19(25)23-7-3-15(4-8-23)18(20)24/h2,11,13,15,21H,3-10,12H2,1H3,(H2,20,24)/b14-2+. The first-order valence-electron chi connectivity index (χ1n) is 9.20. The number of allylic oxidation sites excluding steroid dienone is 3. The molecule has 0 saturated carbocycles. The molecule has 2 fully saturated rings. The predicted molar refractivity (Wildman–Crippen MR) is 97.5 cm³/mol. The predicted octanol–water partition coefficient (Wildman–Crippen LogP) is 0.776. The number of nitrogens with two attached hydrogens (primary N) is 1. The number of hydrogen-bond donors (Lipinski definition) is 2. The Labute approximate surface area is 149 Å². The van der Waals surface area contributed by atoms with Crippen LogP contribution in [-0.4, -0.2) is 60.9 Å². The highest BCUT2D eigenvalue weighted by atomic mass is 16.2. The van der Waals surface area contributed by atoms with Crippen molar-refractivity contribution in [2.45, 2.75) is 26.2 Å². The highest BCUT2D eigenvalue weighted by Crippen LogP contribution is 2.27. The van der Waals surface area contributed by atoms with Crippen LogP contribution in [0.3, 0.4) is 0 Å². The van der Waals surface area contributed by atoms with Gasteiger partial charge in [0.2, 0.25) is 5.91 Å². The number of carbonyl (C=O) groups is 2. The van der Waals surface area contributed by atoms with Gasteiger partial charge in [-0.1, -0.05) is 6.08 Å². The smallest absolute Gasteiger partial charge is 0.253 e. The molecule has 6 nitrogen and oxygen atoms in total. The second-order valence-corrected chi connectivity index (χ2v) is 6.98. The van der Waals surface area contributed by atoms with E-state index in [0.717, 1.165) is 38.2 Å². The lowest BCUT2D eigenvalue weighted by Gasteiger charge is -2.35. The van der Waals surface area contributed by atoms with E-state index in [2.05, 4.69) is 22.4 Å². The first-order valence-corrected chi connectivity index (χ1v) is 9.20. The summed E-state index contributed by atoms with van der Waals surface area (Å²) in [5.74, 6) is -0.280. The molecule has 1 aliphatic carbocycles. The van der Waals surface area contributed by atoms with Gasteiger partial charge in [-0.15, -0.1) is 0 Å². The molecule has 0 atom stereocenters. The molecule has 0 spiro atoms. The van der Waals surface area contributed by atoms with Crippen LogP contribution in [0.5, 0.6) is 0 Å². The summed E-state index contributed by atoms with van der Waals surface area (Å²) in [6.45, 7) is 7.15. The van der Waals surface area contributed by atoms with Crippen molar-refractivity contribution >= 4 is 11.8 Å². The van der Waals surface area contributed by atoms with Crippen LogP contribution in [0.2, 0.25) is 0 Å². The molecule has 3 aliphatic rings. The van der Waals surface area contributed by atoms with E-state index in [1.54, 1.807) is 0 Å². The molecular weight excluding hydrogens is 316 g/mol. The van der Waals surface area contributed by atoms with Gasteiger partial charge in [-0.3, -0.25) is 9.59 Å². The van der Waals surface area contributed by atoms with Crippen molar-refractivity contribution < 1.29 is 9.59 Å². The van der Waals surface area contributed by atoms with E-state index in [4.69, 9.17) is 5.73 Å². The molecule has 0 aromatic carbocycles. The van der Waals surface area contributed by atoms with Gasteiger partial charge in [0.15, 0.2) is 0 Å². The molecule has 3 N–H and O–H groups in total. The lowest BCUT2D eigenvalue weighted by atomic mass is 9.93. The normalized spacial score (nSPS) is 24.1. The van der Waals surface area contributed by atoms with Gasteiger partial charge < -0.3 is 20.9 Å². The molecule has 6 heteroatoms. The first-order chi connectivity index (χ1) is 12.1. The van der Waals surface area contributed by atoms with Gasteiger partial charge in [0, 0.05) is 62.9 Å². The van der Waals surface area contributed by atoms with Crippen LogP contribution in [0.4, 0.5) is 0 Å². The lowest BCUT2D eigenvalue weighted by Crippen LogP contribution is -2.44. The summed E-state index contributed by atoms with van der Waals surface area (Å²) in [7, 11) is 0. The van der Waals surface area contributed by atoms with E-state index in [0.29, 0.717) is 25.9 Å². The monoisotopic (exact) mass is 344 g/mol. The van der Waals surface area contributed by atoms with Crippen LogP contribution in [0.25, 0.3) is 0 Å². The van der Waals surface area contributed by atoms with E-state index in [1.165, 1.54) is 11.3 Å². The highest BCUT2D eigenvalue weighted by Gasteiger charge is 2.28. The average Bonchev–Trinajstić information content (AvgIpc) is 2.67. The Morgan fingerprint density at radius 3 is 2.44 bits per heavy atom. The Hall–Kier alpha value is -2.08. The van der Waals surface area contributed by atoms with E-state index in [9.17, 15) is 9.59 Å². The summed E-state index contributed by atoms with van der Waals surface area (Å²) in [5.41, 5.74) is 8.56. The Kier molecular flexibility index (Phi) is 5.58. The number of nitrogens with zero attached hydrogens (tertiary/aromatic N) is 2. The molecule has 0 unspecified atom stereocenters. The van der Waals surface area contributed by atoms with Crippen LogP contribution in [0, 0.1) is 5.92 Å². The molecule has 2 saturated heterocycles. The average molecular weight is 344 g/mol. The Morgan fingerprint density at radius 2 is 1.84 bits per heavy atom. The number of primary amides is 1. The lowest BCUT2D eigenvalue weighted by molar-refractivity contribution is -0.131. The third-order valence-electron chi connectivity index (χ3n) is 5.37. The van der Waals surface area contributed by atoms with Crippen molar-refractivity contribution in [2.24, 2.45) is 11.7 Å². The molecule has 136 valence electrons. The van der Waals surface area contributed by atoms with Gasteiger partial charge in [0.1, 0.15) is 0 Å². The molecule has 2 amide bonds. The Balaban J connectivity index is 1.72. The van der Waals surface area contributed by atoms with Crippen LogP contribution in [0.15, 0.2) is 35.1 Å². The Morgan fingerprint density at radius 1 is 1.16 bits per heavy atom. The molecule has 2 heterocycles. The van der Waals surface area contributed by atoms with Crippen LogP contribution < -0.4 is 11.1 Å². The topological polar surface area (TPSA) is 78.7 Å². The number of piperazine rings is 1. The number of amides is 2. The summed E-state index contributed by atoms with van der Waals surface area (Å²) in [6.07, 6.45) is 8.37. The second kappa shape index (κ2) is 7.87. The summed E-state index contributed by atoms with van der Waals surface area (Å²) in [5, 5.41) is 3.37. The fraction of sp³-hybridized carbons (Fsp3) is 0.579. The molecule has 25 heavy (non-hydrogen) atoms. The molecule has 0 radical (unpaired) electrons. The fourth-order valence-electron chi connectivity index (χ4n) is 3.75. The minimum absolute atomic E-state index is 0.0644. The van der Waals surface area contributed by atoms with E-state index >= 15 is 0 Å². The zero-order valence-electron chi connectivity index (χ0n) is 15.0. The molecule has 2 aliphatic heterocycles. The van der Waals surface area contributed by atoms with E-state index < -0.39 is 0 Å². The number of likely N-dealkylation sites (tertiary alicyclic amines) is 1. The van der Waals surface area contributed by atoms with Gasteiger partial charge in [-0.2, -0.15) is 0 Å².